The Labute approximate surface area is 81.4 Å². The number of rotatable bonds is 1. The Kier molecular flexibility index (Phi) is 1.92. The predicted molar refractivity (Wildman–Crippen MR) is 56.1 cm³/mol. The molecular formula is C9H11N3S. The van der Waals surface area contributed by atoms with Crippen molar-refractivity contribution in [3.8, 4) is 0 Å². The van der Waals surface area contributed by atoms with Crippen molar-refractivity contribution in [2.45, 2.75) is 11.8 Å². The Balaban J connectivity index is 2.28. The van der Waals surface area contributed by atoms with Crippen LogP contribution in [0.1, 0.15) is 12.5 Å². The fourth-order valence-corrected chi connectivity index (χ4v) is 2.15. The van der Waals surface area contributed by atoms with E-state index >= 15 is 0 Å². The van der Waals surface area contributed by atoms with E-state index in [9.17, 15) is 0 Å². The smallest absolute Gasteiger partial charge is 0.180 e. The zero-order valence-corrected chi connectivity index (χ0v) is 8.14. The van der Waals surface area contributed by atoms with Gasteiger partial charge in [0.15, 0.2) is 5.17 Å². The molecule has 13 heavy (non-hydrogen) atoms. The quantitative estimate of drug-likeness (QED) is 0.709. The fraction of sp³-hybridized carbons (Fsp3) is 0.222. The molecule has 1 aliphatic heterocycles. The number of hydrogen-bond donors (Lipinski definition) is 2. The molecule has 1 aromatic carbocycles. The fourth-order valence-electron chi connectivity index (χ4n) is 1.30. The molecule has 4 heteroatoms. The largest absolute Gasteiger partial charge is 0.377 e. The van der Waals surface area contributed by atoms with Crippen LogP contribution < -0.4 is 11.2 Å². The molecule has 0 aliphatic carbocycles. The summed E-state index contributed by atoms with van der Waals surface area (Å²) in [4.78, 5) is -0.203. The highest BCUT2D eigenvalue weighted by Gasteiger charge is 2.32. The number of thioether (sulfide) groups is 1. The van der Waals surface area contributed by atoms with E-state index in [0.717, 1.165) is 0 Å². The van der Waals surface area contributed by atoms with Crippen molar-refractivity contribution < 1.29 is 0 Å². The van der Waals surface area contributed by atoms with Crippen molar-refractivity contribution in [2.75, 3.05) is 0 Å². The van der Waals surface area contributed by atoms with Crippen molar-refractivity contribution in [1.29, 1.82) is 0 Å². The van der Waals surface area contributed by atoms with Gasteiger partial charge in [0.05, 0.1) is 0 Å². The van der Waals surface area contributed by atoms with Crippen LogP contribution in [0.5, 0.6) is 0 Å². The normalized spacial score (nSPS) is 26.7. The summed E-state index contributed by atoms with van der Waals surface area (Å²) >= 11 is 1.54. The molecule has 3 N–H and O–H groups in total. The number of amidine groups is 1. The Bertz CT molecular complexity index is 336. The Morgan fingerprint density at radius 3 is 2.62 bits per heavy atom. The van der Waals surface area contributed by atoms with Crippen LogP contribution in [0.2, 0.25) is 0 Å². The standard InChI is InChI=1S/C9H11N3S/c1-9(12-11-8(10)13-9)7-5-3-2-4-6-7/h2-6,12H,1H3,(H2,10,11)/t9-/m0/s1. The van der Waals surface area contributed by atoms with Gasteiger partial charge in [-0.15, -0.1) is 0 Å². The number of benzene rings is 1. The molecule has 68 valence electrons. The van der Waals surface area contributed by atoms with E-state index in [1.165, 1.54) is 17.3 Å². The number of nitrogens with zero attached hydrogens (tertiary/aromatic N) is 1. The van der Waals surface area contributed by atoms with E-state index in [2.05, 4.69) is 29.6 Å². The minimum absolute atomic E-state index is 0.203. The van der Waals surface area contributed by atoms with Crippen LogP contribution in [0.4, 0.5) is 0 Å². The lowest BCUT2D eigenvalue weighted by Crippen LogP contribution is -2.28. The molecule has 0 saturated carbocycles. The summed E-state index contributed by atoms with van der Waals surface area (Å²) in [5, 5.41) is 4.56. The van der Waals surface area contributed by atoms with Crippen molar-refractivity contribution in [3.05, 3.63) is 35.9 Å². The number of hydrazone groups is 1. The van der Waals surface area contributed by atoms with E-state index in [1.807, 2.05) is 18.2 Å². The summed E-state index contributed by atoms with van der Waals surface area (Å²) < 4.78 is 0. The molecule has 0 bridgehead atoms. The first-order valence-corrected chi connectivity index (χ1v) is 4.87. The van der Waals surface area contributed by atoms with Gasteiger partial charge in [0, 0.05) is 0 Å². The molecule has 0 saturated heterocycles. The maximum Gasteiger partial charge on any atom is 0.180 e. The molecular weight excluding hydrogens is 182 g/mol. The number of nitrogens with two attached hydrogens (primary N) is 1. The third-order valence-electron chi connectivity index (χ3n) is 2.01. The molecule has 2 rings (SSSR count). The number of nitrogens with one attached hydrogen (secondary N) is 1. The molecule has 0 unspecified atom stereocenters. The molecule has 0 radical (unpaired) electrons. The molecule has 1 aliphatic rings. The maximum atomic E-state index is 5.60. The second-order valence-electron chi connectivity index (χ2n) is 3.06. The van der Waals surface area contributed by atoms with Gasteiger partial charge in [0.1, 0.15) is 4.87 Å². The van der Waals surface area contributed by atoms with Gasteiger partial charge in [-0.25, -0.2) is 0 Å². The molecule has 0 fully saturated rings. The van der Waals surface area contributed by atoms with E-state index < -0.39 is 0 Å². The highest BCUT2D eigenvalue weighted by Crippen LogP contribution is 2.36. The molecule has 1 atom stereocenters. The average molecular weight is 193 g/mol. The second-order valence-corrected chi connectivity index (χ2v) is 4.50. The zero-order valence-electron chi connectivity index (χ0n) is 7.32. The highest BCUT2D eigenvalue weighted by atomic mass is 32.2. The molecule has 3 nitrogen and oxygen atoms in total. The summed E-state index contributed by atoms with van der Waals surface area (Å²) in [7, 11) is 0. The van der Waals surface area contributed by atoms with E-state index in [4.69, 9.17) is 5.73 Å². The van der Waals surface area contributed by atoms with Gasteiger partial charge < -0.3 is 5.73 Å². The molecule has 1 heterocycles. The third-order valence-corrected chi connectivity index (χ3v) is 3.05. The van der Waals surface area contributed by atoms with Crippen LogP contribution in [0.15, 0.2) is 35.4 Å². The third kappa shape index (κ3) is 1.49. The van der Waals surface area contributed by atoms with Crippen LogP contribution in [-0.4, -0.2) is 5.17 Å². The molecule has 0 spiro atoms. The van der Waals surface area contributed by atoms with E-state index in [0.29, 0.717) is 5.17 Å². The number of hydrogen-bond acceptors (Lipinski definition) is 4. The van der Waals surface area contributed by atoms with Gasteiger partial charge in [-0.3, -0.25) is 5.43 Å². The minimum atomic E-state index is -0.203. The Morgan fingerprint density at radius 1 is 1.38 bits per heavy atom. The van der Waals surface area contributed by atoms with Gasteiger partial charge in [-0.2, -0.15) is 5.10 Å². The van der Waals surface area contributed by atoms with Crippen LogP contribution >= 0.6 is 11.8 Å². The van der Waals surface area contributed by atoms with Gasteiger partial charge >= 0.3 is 0 Å². The first-order chi connectivity index (χ1) is 6.21. The van der Waals surface area contributed by atoms with Gasteiger partial charge in [0.2, 0.25) is 0 Å². The molecule has 1 aromatic rings. The summed E-state index contributed by atoms with van der Waals surface area (Å²) in [6.45, 7) is 2.07. The van der Waals surface area contributed by atoms with Crippen LogP contribution in [-0.2, 0) is 4.87 Å². The van der Waals surface area contributed by atoms with Crippen molar-refractivity contribution >= 4 is 16.9 Å². The lowest BCUT2D eigenvalue weighted by molar-refractivity contribution is 0.563. The van der Waals surface area contributed by atoms with Gasteiger partial charge in [-0.1, -0.05) is 42.1 Å². The summed E-state index contributed by atoms with van der Waals surface area (Å²) in [6, 6.07) is 10.1. The van der Waals surface area contributed by atoms with Crippen molar-refractivity contribution in [3.63, 3.8) is 0 Å². The van der Waals surface area contributed by atoms with Crippen LogP contribution in [0.25, 0.3) is 0 Å². The average Bonchev–Trinajstić information content (AvgIpc) is 2.49. The van der Waals surface area contributed by atoms with E-state index in [-0.39, 0.29) is 4.87 Å². The van der Waals surface area contributed by atoms with E-state index in [1.54, 1.807) is 0 Å². The minimum Gasteiger partial charge on any atom is -0.377 e. The van der Waals surface area contributed by atoms with Crippen molar-refractivity contribution in [2.24, 2.45) is 10.8 Å². The monoisotopic (exact) mass is 193 g/mol. The second kappa shape index (κ2) is 2.96. The van der Waals surface area contributed by atoms with Gasteiger partial charge in [-0.05, 0) is 12.5 Å². The predicted octanol–water partition coefficient (Wildman–Crippen LogP) is 1.43. The summed E-state index contributed by atoms with van der Waals surface area (Å²) in [6.07, 6.45) is 0. The SMILES string of the molecule is C[C@]1(c2ccccc2)NN=C(N)S1. The van der Waals surface area contributed by atoms with Crippen LogP contribution in [0.3, 0.4) is 0 Å². The zero-order chi connectivity index (χ0) is 9.31. The first kappa shape index (κ1) is 8.44. The maximum absolute atomic E-state index is 5.60. The van der Waals surface area contributed by atoms with Crippen LogP contribution in [0, 0.1) is 0 Å². The summed E-state index contributed by atoms with van der Waals surface area (Å²) in [5.41, 5.74) is 9.81. The molecule has 0 aromatic heterocycles. The lowest BCUT2D eigenvalue weighted by Gasteiger charge is -2.22. The highest BCUT2D eigenvalue weighted by molar-refractivity contribution is 8.14. The Hall–Kier alpha value is -1.16. The summed E-state index contributed by atoms with van der Waals surface area (Å²) in [5.74, 6) is 0. The topological polar surface area (TPSA) is 50.4 Å². The van der Waals surface area contributed by atoms with Crippen molar-refractivity contribution in [1.82, 2.24) is 5.43 Å². The Morgan fingerprint density at radius 2 is 2.08 bits per heavy atom. The lowest BCUT2D eigenvalue weighted by atomic mass is 10.1. The first-order valence-electron chi connectivity index (χ1n) is 4.05. The van der Waals surface area contributed by atoms with Gasteiger partial charge in [0.25, 0.3) is 0 Å². The molecule has 0 amide bonds.